The lowest BCUT2D eigenvalue weighted by Crippen LogP contribution is -2.45. The SMILES string of the molecule is CN(CC(=O)c1ccc(Cl)c(Cl)c1)C1CCCCC1O. The van der Waals surface area contributed by atoms with E-state index < -0.39 is 0 Å². The summed E-state index contributed by atoms with van der Waals surface area (Å²) in [5, 5.41) is 10.8. The number of carbonyl (C=O) groups excluding carboxylic acids is 1. The van der Waals surface area contributed by atoms with Gasteiger partial charge in [-0.3, -0.25) is 9.69 Å². The minimum absolute atomic E-state index is 0.0103. The first-order chi connectivity index (χ1) is 9.49. The first kappa shape index (κ1) is 15.8. The van der Waals surface area contributed by atoms with Gasteiger partial charge in [-0.1, -0.05) is 36.0 Å². The average Bonchev–Trinajstić information content (AvgIpc) is 2.42. The highest BCUT2D eigenvalue weighted by molar-refractivity contribution is 6.42. The molecule has 1 saturated carbocycles. The van der Waals surface area contributed by atoms with Crippen LogP contribution in [0.2, 0.25) is 10.0 Å². The van der Waals surface area contributed by atoms with E-state index in [-0.39, 0.29) is 24.5 Å². The molecule has 110 valence electrons. The summed E-state index contributed by atoms with van der Waals surface area (Å²) in [6.45, 7) is 0.277. The number of aliphatic hydroxyl groups excluding tert-OH is 1. The number of likely N-dealkylation sites (N-methyl/N-ethyl adjacent to an activating group) is 1. The van der Waals surface area contributed by atoms with Crippen molar-refractivity contribution in [1.82, 2.24) is 4.90 Å². The van der Waals surface area contributed by atoms with Gasteiger partial charge in [0, 0.05) is 11.6 Å². The van der Waals surface area contributed by atoms with Gasteiger partial charge in [-0.05, 0) is 38.1 Å². The summed E-state index contributed by atoms with van der Waals surface area (Å²) < 4.78 is 0. The first-order valence-corrected chi connectivity index (χ1v) is 7.61. The molecule has 2 rings (SSSR count). The highest BCUT2D eigenvalue weighted by Crippen LogP contribution is 2.24. The quantitative estimate of drug-likeness (QED) is 0.866. The maximum Gasteiger partial charge on any atom is 0.176 e. The summed E-state index contributed by atoms with van der Waals surface area (Å²) in [4.78, 5) is 14.2. The summed E-state index contributed by atoms with van der Waals surface area (Å²) in [6, 6.07) is 4.97. The highest BCUT2D eigenvalue weighted by atomic mass is 35.5. The van der Waals surface area contributed by atoms with Gasteiger partial charge in [-0.25, -0.2) is 0 Å². The normalized spacial score (nSPS) is 23.1. The molecule has 2 unspecified atom stereocenters. The van der Waals surface area contributed by atoms with E-state index in [1.165, 1.54) is 0 Å². The minimum Gasteiger partial charge on any atom is -0.391 e. The zero-order valence-electron chi connectivity index (χ0n) is 11.5. The Kier molecular flexibility index (Phi) is 5.44. The van der Waals surface area contributed by atoms with E-state index in [0.717, 1.165) is 25.7 Å². The monoisotopic (exact) mass is 315 g/mol. The molecule has 0 aliphatic heterocycles. The van der Waals surface area contributed by atoms with E-state index in [0.29, 0.717) is 15.6 Å². The van der Waals surface area contributed by atoms with Gasteiger partial charge in [0.05, 0.1) is 22.7 Å². The standard InChI is InChI=1S/C15H19Cl2NO2/c1-18(13-4-2-3-5-14(13)19)9-15(20)10-6-7-11(16)12(17)8-10/h6-8,13-14,19H,2-5,9H2,1H3. The molecule has 0 aromatic heterocycles. The highest BCUT2D eigenvalue weighted by Gasteiger charge is 2.27. The molecule has 0 spiro atoms. The number of carbonyl (C=O) groups is 1. The lowest BCUT2D eigenvalue weighted by Gasteiger charge is -2.34. The first-order valence-electron chi connectivity index (χ1n) is 6.85. The molecule has 1 aliphatic rings. The summed E-state index contributed by atoms with van der Waals surface area (Å²) in [6.07, 6.45) is 3.58. The Morgan fingerprint density at radius 2 is 2.00 bits per heavy atom. The molecular weight excluding hydrogens is 297 g/mol. The molecule has 0 bridgehead atoms. The Bertz CT molecular complexity index is 493. The number of Topliss-reactive ketones (excluding diaryl/α,β-unsaturated/α-hetero) is 1. The van der Waals surface area contributed by atoms with Crippen molar-refractivity contribution in [3.63, 3.8) is 0 Å². The van der Waals surface area contributed by atoms with Crippen LogP contribution >= 0.6 is 23.2 Å². The second-order valence-electron chi connectivity index (χ2n) is 5.39. The Labute approximate surface area is 129 Å². The molecule has 1 aromatic carbocycles. The molecule has 2 atom stereocenters. The molecule has 5 heteroatoms. The largest absolute Gasteiger partial charge is 0.391 e. The average molecular weight is 316 g/mol. The van der Waals surface area contributed by atoms with E-state index >= 15 is 0 Å². The Morgan fingerprint density at radius 3 is 2.65 bits per heavy atom. The summed E-state index contributed by atoms with van der Waals surface area (Å²) in [5.41, 5.74) is 0.552. The van der Waals surface area contributed by atoms with Crippen molar-refractivity contribution in [1.29, 1.82) is 0 Å². The van der Waals surface area contributed by atoms with E-state index in [2.05, 4.69) is 0 Å². The van der Waals surface area contributed by atoms with Crippen LogP contribution < -0.4 is 0 Å². The molecule has 0 saturated heterocycles. The van der Waals surface area contributed by atoms with Gasteiger partial charge >= 0.3 is 0 Å². The maximum atomic E-state index is 12.2. The molecule has 3 nitrogen and oxygen atoms in total. The summed E-state index contributed by atoms with van der Waals surface area (Å²) in [5.74, 6) is -0.0103. The van der Waals surface area contributed by atoms with Gasteiger partial charge in [-0.15, -0.1) is 0 Å². The number of benzene rings is 1. The second-order valence-corrected chi connectivity index (χ2v) is 6.20. The summed E-state index contributed by atoms with van der Waals surface area (Å²) in [7, 11) is 1.88. The van der Waals surface area contributed by atoms with Crippen LogP contribution in [-0.2, 0) is 0 Å². The van der Waals surface area contributed by atoms with Gasteiger partial charge in [0.25, 0.3) is 0 Å². The molecule has 1 aromatic rings. The Balaban J connectivity index is 2.01. The van der Waals surface area contributed by atoms with Crippen LogP contribution in [0.1, 0.15) is 36.0 Å². The topological polar surface area (TPSA) is 40.5 Å². The number of hydrogen-bond acceptors (Lipinski definition) is 3. The van der Waals surface area contributed by atoms with E-state index in [1.54, 1.807) is 18.2 Å². The van der Waals surface area contributed by atoms with Crippen molar-refractivity contribution in [3.05, 3.63) is 33.8 Å². The lowest BCUT2D eigenvalue weighted by molar-refractivity contribution is 0.0322. The molecule has 0 amide bonds. The minimum atomic E-state index is -0.338. The predicted octanol–water partition coefficient (Wildman–Crippen LogP) is 3.41. The van der Waals surface area contributed by atoms with Gasteiger partial charge in [0.1, 0.15) is 0 Å². The molecular formula is C15H19Cl2NO2. The van der Waals surface area contributed by atoms with Crippen LogP contribution in [-0.4, -0.2) is 41.5 Å². The van der Waals surface area contributed by atoms with Crippen molar-refractivity contribution in [2.45, 2.75) is 37.8 Å². The zero-order chi connectivity index (χ0) is 14.7. The van der Waals surface area contributed by atoms with Crippen molar-refractivity contribution in [2.75, 3.05) is 13.6 Å². The van der Waals surface area contributed by atoms with Crippen molar-refractivity contribution < 1.29 is 9.90 Å². The number of aliphatic hydroxyl groups is 1. The molecule has 1 fully saturated rings. The number of hydrogen-bond donors (Lipinski definition) is 1. The third-order valence-electron chi connectivity index (χ3n) is 3.89. The number of nitrogens with zero attached hydrogens (tertiary/aromatic N) is 1. The Hall–Kier alpha value is -0.610. The molecule has 0 heterocycles. The van der Waals surface area contributed by atoms with Gasteiger partial charge in [0.2, 0.25) is 0 Å². The predicted molar refractivity (Wildman–Crippen MR) is 81.7 cm³/mol. The summed E-state index contributed by atoms with van der Waals surface area (Å²) >= 11 is 11.8. The number of halogens is 2. The van der Waals surface area contributed by atoms with Crippen LogP contribution in [0.5, 0.6) is 0 Å². The molecule has 20 heavy (non-hydrogen) atoms. The number of ketones is 1. The smallest absolute Gasteiger partial charge is 0.176 e. The fraction of sp³-hybridized carbons (Fsp3) is 0.533. The third kappa shape index (κ3) is 3.73. The van der Waals surface area contributed by atoms with Crippen molar-refractivity contribution in [2.24, 2.45) is 0 Å². The van der Waals surface area contributed by atoms with E-state index in [1.807, 2.05) is 11.9 Å². The van der Waals surface area contributed by atoms with Crippen LogP contribution in [0.4, 0.5) is 0 Å². The second kappa shape index (κ2) is 6.90. The van der Waals surface area contributed by atoms with Gasteiger partial charge in [-0.2, -0.15) is 0 Å². The third-order valence-corrected chi connectivity index (χ3v) is 4.63. The van der Waals surface area contributed by atoms with Crippen molar-refractivity contribution in [3.8, 4) is 0 Å². The van der Waals surface area contributed by atoms with Gasteiger partial charge < -0.3 is 5.11 Å². The lowest BCUT2D eigenvalue weighted by atomic mass is 9.91. The number of rotatable bonds is 4. The molecule has 1 aliphatic carbocycles. The molecule has 1 N–H and O–H groups in total. The van der Waals surface area contributed by atoms with E-state index in [9.17, 15) is 9.90 Å². The zero-order valence-corrected chi connectivity index (χ0v) is 13.0. The van der Waals surface area contributed by atoms with E-state index in [4.69, 9.17) is 23.2 Å². The Morgan fingerprint density at radius 1 is 1.30 bits per heavy atom. The van der Waals surface area contributed by atoms with Crippen LogP contribution in [0.25, 0.3) is 0 Å². The van der Waals surface area contributed by atoms with Crippen LogP contribution in [0.15, 0.2) is 18.2 Å². The van der Waals surface area contributed by atoms with Crippen LogP contribution in [0, 0.1) is 0 Å². The molecule has 0 radical (unpaired) electrons. The fourth-order valence-corrected chi connectivity index (χ4v) is 3.01. The van der Waals surface area contributed by atoms with Crippen LogP contribution in [0.3, 0.4) is 0 Å². The van der Waals surface area contributed by atoms with Gasteiger partial charge in [0.15, 0.2) is 5.78 Å². The van der Waals surface area contributed by atoms with Crippen molar-refractivity contribution >= 4 is 29.0 Å². The fourth-order valence-electron chi connectivity index (χ4n) is 2.71. The maximum absolute atomic E-state index is 12.2.